The smallest absolute Gasteiger partial charge is 0.336 e. The average molecular weight is 719 g/mol. The zero-order chi connectivity index (χ0) is 38.3. The normalized spacial score (nSPS) is 17.2. The SMILES string of the molecule is CCOC(=O)C1=C(C)NC(C)=C(C(=O)OCCOC(=O)C2=C(C)NC(C)=C(C(=O)OCC)C2c2ccccc2[N+](=O)[O-])C1c1ccccc1[N+](=O)[O-]. The molecule has 0 saturated carbocycles. The number of carbonyl (C=O) groups is 4. The first-order chi connectivity index (χ1) is 24.7. The van der Waals surface area contributed by atoms with Crippen LogP contribution in [0, 0.1) is 20.2 Å². The lowest BCUT2D eigenvalue weighted by Crippen LogP contribution is -2.34. The van der Waals surface area contributed by atoms with Gasteiger partial charge in [0.25, 0.3) is 11.4 Å². The van der Waals surface area contributed by atoms with Crippen molar-refractivity contribution < 1.29 is 48.0 Å². The second-order valence-electron chi connectivity index (χ2n) is 11.6. The third-order valence-electron chi connectivity index (χ3n) is 8.39. The predicted octanol–water partition coefficient (Wildman–Crippen LogP) is 4.89. The van der Waals surface area contributed by atoms with Gasteiger partial charge >= 0.3 is 23.9 Å². The van der Waals surface area contributed by atoms with Crippen molar-refractivity contribution in [3.05, 3.63) is 125 Å². The van der Waals surface area contributed by atoms with Gasteiger partial charge in [0.2, 0.25) is 0 Å². The van der Waals surface area contributed by atoms with Crippen molar-refractivity contribution in [1.29, 1.82) is 0 Å². The summed E-state index contributed by atoms with van der Waals surface area (Å²) in [5.74, 6) is -5.95. The number of nitro groups is 2. The van der Waals surface area contributed by atoms with E-state index in [-0.39, 0.29) is 69.4 Å². The Labute approximate surface area is 298 Å². The lowest BCUT2D eigenvalue weighted by atomic mass is 9.79. The van der Waals surface area contributed by atoms with E-state index in [1.807, 2.05) is 0 Å². The molecule has 2 N–H and O–H groups in total. The molecule has 2 heterocycles. The maximum atomic E-state index is 13.7. The van der Waals surface area contributed by atoms with E-state index in [2.05, 4.69) is 10.6 Å². The topological polar surface area (TPSA) is 216 Å². The molecule has 0 fully saturated rings. The minimum Gasteiger partial charge on any atom is -0.463 e. The number of rotatable bonds is 13. The monoisotopic (exact) mass is 718 g/mol. The Kier molecular flexibility index (Phi) is 12.3. The van der Waals surface area contributed by atoms with Crippen molar-refractivity contribution in [2.24, 2.45) is 0 Å². The molecule has 4 rings (SSSR count). The van der Waals surface area contributed by atoms with E-state index in [0.717, 1.165) is 0 Å². The van der Waals surface area contributed by atoms with Gasteiger partial charge in [-0.25, -0.2) is 19.2 Å². The second kappa shape index (κ2) is 16.6. The molecule has 0 aromatic heterocycles. The largest absolute Gasteiger partial charge is 0.463 e. The maximum absolute atomic E-state index is 13.7. The summed E-state index contributed by atoms with van der Waals surface area (Å²) in [6.45, 7) is 8.50. The molecule has 0 saturated heterocycles. The lowest BCUT2D eigenvalue weighted by Gasteiger charge is -2.30. The van der Waals surface area contributed by atoms with Crippen molar-refractivity contribution in [2.75, 3.05) is 26.4 Å². The molecule has 2 aliphatic rings. The van der Waals surface area contributed by atoms with Gasteiger partial charge in [0.05, 0.1) is 57.2 Å². The van der Waals surface area contributed by atoms with E-state index in [9.17, 15) is 39.4 Å². The van der Waals surface area contributed by atoms with Crippen LogP contribution >= 0.6 is 0 Å². The highest BCUT2D eigenvalue weighted by Gasteiger charge is 2.42. The summed E-state index contributed by atoms with van der Waals surface area (Å²) in [5, 5.41) is 30.0. The van der Waals surface area contributed by atoms with E-state index in [4.69, 9.17) is 18.9 Å². The Hall–Kier alpha value is -6.32. The third kappa shape index (κ3) is 7.85. The number of dihydropyridines is 2. The van der Waals surface area contributed by atoms with Crippen molar-refractivity contribution in [3.8, 4) is 0 Å². The quantitative estimate of drug-likeness (QED) is 0.0928. The highest BCUT2D eigenvalue weighted by atomic mass is 16.6. The molecule has 2 atom stereocenters. The number of nitrogens with one attached hydrogen (secondary N) is 2. The number of esters is 4. The number of hydrogen-bond donors (Lipinski definition) is 2. The standard InChI is InChI=1S/C36H38N4O12/c1-7-49-33(41)27-19(3)37-21(5)29(31(27)23-13-9-11-15-25(23)39(45)46)35(43)51-17-18-52-36(44)30-22(6)38-20(4)28(34(42)50-8-2)32(30)24-14-10-12-16-26(24)40(47)48/h9-16,31-32,37-38H,7-8,17-18H2,1-6H3. The second-order valence-corrected chi connectivity index (χ2v) is 11.6. The minimum absolute atomic E-state index is 0.00755. The molecule has 0 radical (unpaired) electrons. The van der Waals surface area contributed by atoms with Crippen LogP contribution in [0.25, 0.3) is 0 Å². The van der Waals surface area contributed by atoms with Crippen LogP contribution in [0.15, 0.2) is 93.6 Å². The van der Waals surface area contributed by atoms with Crippen molar-refractivity contribution >= 4 is 35.3 Å². The first-order valence-corrected chi connectivity index (χ1v) is 16.3. The van der Waals surface area contributed by atoms with Crippen LogP contribution in [0.2, 0.25) is 0 Å². The Balaban J connectivity index is 1.61. The molecule has 2 aliphatic heterocycles. The molecule has 16 heteroatoms. The fraction of sp³-hybridized carbons (Fsp3) is 0.333. The zero-order valence-corrected chi connectivity index (χ0v) is 29.4. The van der Waals surface area contributed by atoms with Crippen LogP contribution < -0.4 is 10.6 Å². The summed E-state index contributed by atoms with van der Waals surface area (Å²) in [6.07, 6.45) is 0. The molecule has 0 aliphatic carbocycles. The first-order valence-electron chi connectivity index (χ1n) is 16.3. The minimum atomic E-state index is -1.24. The number of allylic oxidation sites excluding steroid dienone is 4. The number of nitro benzene ring substituents is 2. The van der Waals surface area contributed by atoms with E-state index in [1.165, 1.54) is 36.4 Å². The Morgan fingerprint density at radius 1 is 0.558 bits per heavy atom. The Morgan fingerprint density at radius 3 is 1.13 bits per heavy atom. The van der Waals surface area contributed by atoms with Gasteiger partial charge in [0.15, 0.2) is 0 Å². The predicted molar refractivity (Wildman–Crippen MR) is 184 cm³/mol. The van der Waals surface area contributed by atoms with Crippen molar-refractivity contribution in [1.82, 2.24) is 10.6 Å². The summed E-state index contributed by atoms with van der Waals surface area (Å²) in [5.41, 5.74) is 0.413. The van der Waals surface area contributed by atoms with Gasteiger partial charge in [0, 0.05) is 46.0 Å². The summed E-state index contributed by atoms with van der Waals surface area (Å²) >= 11 is 0. The van der Waals surface area contributed by atoms with Crippen LogP contribution in [0.4, 0.5) is 11.4 Å². The molecule has 2 unspecified atom stereocenters. The van der Waals surface area contributed by atoms with Gasteiger partial charge in [-0.1, -0.05) is 36.4 Å². The van der Waals surface area contributed by atoms with Gasteiger partial charge in [-0.15, -0.1) is 0 Å². The molecule has 0 spiro atoms. The fourth-order valence-electron chi connectivity index (χ4n) is 6.33. The summed E-state index contributed by atoms with van der Waals surface area (Å²) in [6, 6.07) is 11.4. The van der Waals surface area contributed by atoms with E-state index in [1.54, 1.807) is 53.7 Å². The zero-order valence-electron chi connectivity index (χ0n) is 29.4. The van der Waals surface area contributed by atoms with E-state index in [0.29, 0.717) is 11.4 Å². The first kappa shape index (κ1) is 38.5. The van der Waals surface area contributed by atoms with Crippen molar-refractivity contribution in [3.63, 3.8) is 0 Å². The maximum Gasteiger partial charge on any atom is 0.336 e. The number of ether oxygens (including phenoxy) is 4. The van der Waals surface area contributed by atoms with Crippen LogP contribution in [0.1, 0.15) is 64.5 Å². The third-order valence-corrected chi connectivity index (χ3v) is 8.39. The molecule has 2 aromatic carbocycles. The average Bonchev–Trinajstić information content (AvgIpc) is 3.09. The lowest BCUT2D eigenvalue weighted by molar-refractivity contribution is -0.385. The molecular weight excluding hydrogens is 680 g/mol. The Bertz CT molecular complexity index is 1820. The van der Waals surface area contributed by atoms with Crippen LogP contribution in [-0.2, 0) is 38.1 Å². The summed E-state index contributed by atoms with van der Waals surface area (Å²) < 4.78 is 21.5. The van der Waals surface area contributed by atoms with Gasteiger partial charge in [-0.05, 0) is 41.5 Å². The van der Waals surface area contributed by atoms with E-state index >= 15 is 0 Å². The van der Waals surface area contributed by atoms with Crippen molar-refractivity contribution in [2.45, 2.75) is 53.4 Å². The highest BCUT2D eigenvalue weighted by molar-refractivity contribution is 6.01. The fourth-order valence-corrected chi connectivity index (χ4v) is 6.33. The molecule has 2 aromatic rings. The Morgan fingerprint density at radius 2 is 0.846 bits per heavy atom. The van der Waals surface area contributed by atoms with E-state index < -0.39 is 58.8 Å². The number of para-hydroxylation sites is 2. The van der Waals surface area contributed by atoms with Gasteiger partial charge < -0.3 is 29.6 Å². The highest BCUT2D eigenvalue weighted by Crippen LogP contribution is 2.44. The van der Waals surface area contributed by atoms with Crippen LogP contribution in [0.3, 0.4) is 0 Å². The molecule has 0 bridgehead atoms. The van der Waals surface area contributed by atoms with Gasteiger partial charge in [-0.2, -0.15) is 0 Å². The van der Waals surface area contributed by atoms with Gasteiger partial charge in [0.1, 0.15) is 13.2 Å². The molecule has 274 valence electrons. The van der Waals surface area contributed by atoms with Crippen LogP contribution in [0.5, 0.6) is 0 Å². The number of carbonyl (C=O) groups excluding carboxylic acids is 4. The van der Waals surface area contributed by atoms with Crippen LogP contribution in [-0.4, -0.2) is 60.2 Å². The van der Waals surface area contributed by atoms with Gasteiger partial charge in [-0.3, -0.25) is 20.2 Å². The molecule has 0 amide bonds. The molecule has 16 nitrogen and oxygen atoms in total. The molecule has 52 heavy (non-hydrogen) atoms. The number of hydrogen-bond acceptors (Lipinski definition) is 14. The summed E-state index contributed by atoms with van der Waals surface area (Å²) in [4.78, 5) is 76.6. The summed E-state index contributed by atoms with van der Waals surface area (Å²) in [7, 11) is 0. The number of benzene rings is 2. The molecular formula is C36H38N4O12. The number of nitrogens with zero attached hydrogens (tertiary/aromatic N) is 2.